The van der Waals surface area contributed by atoms with E-state index < -0.39 is 5.97 Å². The molecule has 66 valence electrons. The number of carboxylic acid groups (broad SMARTS) is 1. The SMILES string of the molecule is O=C(O)C=Cc1ccccc1.[AlH3].[H-].[H-].[Mg+2]. The van der Waals surface area contributed by atoms with Crippen molar-refractivity contribution in [2.75, 3.05) is 0 Å². The second-order valence-corrected chi connectivity index (χ2v) is 2.08. The molecule has 0 aliphatic heterocycles. The smallest absolute Gasteiger partial charge is 1.00 e. The summed E-state index contributed by atoms with van der Waals surface area (Å²) in [4.78, 5) is 10.1. The summed E-state index contributed by atoms with van der Waals surface area (Å²) in [6.07, 6.45) is 2.68. The first-order chi connectivity index (χ1) is 5.29. The summed E-state index contributed by atoms with van der Waals surface area (Å²) < 4.78 is 0. The Labute approximate surface area is 107 Å². The van der Waals surface area contributed by atoms with Crippen LogP contribution in [0.1, 0.15) is 8.42 Å². The van der Waals surface area contributed by atoms with E-state index in [4.69, 9.17) is 5.11 Å². The molecule has 2 nitrogen and oxygen atoms in total. The molecule has 0 fully saturated rings. The second kappa shape index (κ2) is 8.33. The van der Waals surface area contributed by atoms with Crippen molar-refractivity contribution in [1.29, 1.82) is 0 Å². The van der Waals surface area contributed by atoms with Crippen LogP contribution in [0.15, 0.2) is 36.4 Å². The van der Waals surface area contributed by atoms with E-state index in [2.05, 4.69) is 0 Å². The van der Waals surface area contributed by atoms with Crippen LogP contribution in [0.25, 0.3) is 6.08 Å². The van der Waals surface area contributed by atoms with Crippen LogP contribution in [0, 0.1) is 0 Å². The van der Waals surface area contributed by atoms with Gasteiger partial charge in [-0.1, -0.05) is 30.3 Å². The number of carboxylic acids is 1. The first-order valence-corrected chi connectivity index (χ1v) is 3.25. The number of carbonyl (C=O) groups is 1. The van der Waals surface area contributed by atoms with Gasteiger partial charge in [0.25, 0.3) is 0 Å². The Kier molecular flexibility index (Phi) is 9.75. The number of hydrogen-bond donors (Lipinski definition) is 1. The minimum atomic E-state index is -0.922. The van der Waals surface area contributed by atoms with Crippen molar-refractivity contribution in [1.82, 2.24) is 0 Å². The molecule has 0 heterocycles. The fourth-order valence-electron chi connectivity index (χ4n) is 0.732. The number of aliphatic carboxylic acids is 1. The molecule has 0 spiro atoms. The van der Waals surface area contributed by atoms with Gasteiger partial charge in [-0.2, -0.15) is 0 Å². The Morgan fingerprint density at radius 3 is 2.31 bits per heavy atom. The van der Waals surface area contributed by atoms with E-state index in [0.717, 1.165) is 11.6 Å². The fourth-order valence-corrected chi connectivity index (χ4v) is 0.732. The molecule has 0 bridgehead atoms. The molecule has 0 atom stereocenters. The van der Waals surface area contributed by atoms with E-state index in [-0.39, 0.29) is 43.3 Å². The van der Waals surface area contributed by atoms with Gasteiger partial charge in [0.15, 0.2) is 17.4 Å². The zero-order chi connectivity index (χ0) is 8.10. The van der Waals surface area contributed by atoms with Crippen LogP contribution in [0.2, 0.25) is 0 Å². The summed E-state index contributed by atoms with van der Waals surface area (Å²) in [5, 5.41) is 8.29. The molecule has 1 N–H and O–H groups in total. The van der Waals surface area contributed by atoms with Crippen LogP contribution >= 0.6 is 0 Å². The number of hydrogen-bond acceptors (Lipinski definition) is 1. The van der Waals surface area contributed by atoms with Crippen LogP contribution in [-0.2, 0) is 4.79 Å². The monoisotopic (exact) mass is 204 g/mol. The summed E-state index contributed by atoms with van der Waals surface area (Å²) in [6.45, 7) is 0. The fraction of sp³-hybridized carbons (Fsp3) is 0. The van der Waals surface area contributed by atoms with E-state index in [1.165, 1.54) is 0 Å². The van der Waals surface area contributed by atoms with Crippen LogP contribution in [0.3, 0.4) is 0 Å². The van der Waals surface area contributed by atoms with Gasteiger partial charge in [0.2, 0.25) is 0 Å². The molecule has 13 heavy (non-hydrogen) atoms. The maximum Gasteiger partial charge on any atom is 2.00 e. The molecule has 0 unspecified atom stereocenters. The molecule has 1 aromatic carbocycles. The predicted molar refractivity (Wildman–Crippen MR) is 61.0 cm³/mol. The molecule has 0 radical (unpaired) electrons. The zero-order valence-corrected chi connectivity index (χ0v) is 8.02. The molecule has 0 amide bonds. The van der Waals surface area contributed by atoms with Crippen LogP contribution in [-0.4, -0.2) is 51.5 Å². The molecule has 1 aromatic rings. The van der Waals surface area contributed by atoms with Crippen LogP contribution in [0.5, 0.6) is 0 Å². The van der Waals surface area contributed by atoms with Gasteiger partial charge in [-0.05, 0) is 11.6 Å². The van der Waals surface area contributed by atoms with E-state index in [1.807, 2.05) is 30.3 Å². The molecular formula is C9H13AlMgO2. The Balaban J connectivity index is -0.000000151. The van der Waals surface area contributed by atoms with Gasteiger partial charge in [0, 0.05) is 6.08 Å². The molecule has 0 aliphatic carbocycles. The first-order valence-electron chi connectivity index (χ1n) is 3.25. The van der Waals surface area contributed by atoms with Crippen molar-refractivity contribution >= 4 is 52.5 Å². The second-order valence-electron chi connectivity index (χ2n) is 2.08. The summed E-state index contributed by atoms with van der Waals surface area (Å²) in [5.41, 5.74) is 0.898. The third-order valence-electron chi connectivity index (χ3n) is 1.22. The largest absolute Gasteiger partial charge is 2.00 e. The Hall–Kier alpha value is -0.271. The van der Waals surface area contributed by atoms with Gasteiger partial charge in [-0.25, -0.2) is 4.79 Å². The van der Waals surface area contributed by atoms with Crippen molar-refractivity contribution in [2.24, 2.45) is 0 Å². The third-order valence-corrected chi connectivity index (χ3v) is 1.22. The first kappa shape index (κ1) is 15.2. The summed E-state index contributed by atoms with van der Waals surface area (Å²) in [5.74, 6) is -0.922. The van der Waals surface area contributed by atoms with E-state index >= 15 is 0 Å². The summed E-state index contributed by atoms with van der Waals surface area (Å²) >= 11 is 0. The average molecular weight is 204 g/mol. The molecule has 0 aliphatic rings. The molecule has 0 saturated heterocycles. The minimum absolute atomic E-state index is 0. The minimum Gasteiger partial charge on any atom is -1.00 e. The summed E-state index contributed by atoms with van der Waals surface area (Å²) in [6, 6.07) is 9.31. The van der Waals surface area contributed by atoms with Crippen molar-refractivity contribution in [2.45, 2.75) is 0 Å². The Morgan fingerprint density at radius 2 is 1.85 bits per heavy atom. The summed E-state index contributed by atoms with van der Waals surface area (Å²) in [7, 11) is 0. The van der Waals surface area contributed by atoms with Gasteiger partial charge >= 0.3 is 29.0 Å². The van der Waals surface area contributed by atoms with Crippen molar-refractivity contribution in [3.05, 3.63) is 42.0 Å². The quantitative estimate of drug-likeness (QED) is 0.561. The average Bonchev–Trinajstić information content (AvgIpc) is 2.03. The van der Waals surface area contributed by atoms with Crippen LogP contribution in [0.4, 0.5) is 0 Å². The van der Waals surface area contributed by atoms with E-state index in [0.29, 0.717) is 0 Å². The van der Waals surface area contributed by atoms with Gasteiger partial charge in [0.05, 0.1) is 0 Å². The zero-order valence-electron chi connectivity index (χ0n) is 8.60. The van der Waals surface area contributed by atoms with Crippen LogP contribution < -0.4 is 0 Å². The molecule has 0 saturated carbocycles. The number of benzene rings is 1. The van der Waals surface area contributed by atoms with Gasteiger partial charge < -0.3 is 7.96 Å². The predicted octanol–water partition coefficient (Wildman–Crippen LogP) is 0.445. The van der Waals surface area contributed by atoms with E-state index in [9.17, 15) is 4.79 Å². The maximum atomic E-state index is 10.1. The number of rotatable bonds is 2. The van der Waals surface area contributed by atoms with Crippen molar-refractivity contribution < 1.29 is 12.8 Å². The standard InChI is InChI=1S/C9H8O2.Al.Mg.5H/c10-9(11)7-6-8-4-2-1-3-5-8;;;;;;;/h1-7H,(H,10,11);;;;;;;/q;;+2;;;;2*-1. The van der Waals surface area contributed by atoms with Crippen molar-refractivity contribution in [3.63, 3.8) is 0 Å². The van der Waals surface area contributed by atoms with Gasteiger partial charge in [0.1, 0.15) is 0 Å². The van der Waals surface area contributed by atoms with E-state index in [1.54, 1.807) is 6.08 Å². The molecule has 0 aromatic heterocycles. The third kappa shape index (κ3) is 6.85. The van der Waals surface area contributed by atoms with Gasteiger partial charge in [-0.3, -0.25) is 0 Å². The normalized spacial score (nSPS) is 8.62. The van der Waals surface area contributed by atoms with Gasteiger partial charge in [-0.15, -0.1) is 0 Å². The molecule has 4 heteroatoms. The maximum absolute atomic E-state index is 10.1. The Bertz CT molecular complexity index is 281. The topological polar surface area (TPSA) is 37.3 Å². The molecular weight excluding hydrogens is 191 g/mol. The van der Waals surface area contributed by atoms with Crippen molar-refractivity contribution in [3.8, 4) is 0 Å². The molecule has 1 rings (SSSR count). The Morgan fingerprint density at radius 1 is 1.31 bits per heavy atom.